The Labute approximate surface area is 204 Å². The van der Waals surface area contributed by atoms with Crippen LogP contribution in [0.15, 0.2) is 48.5 Å². The quantitative estimate of drug-likeness (QED) is 0.561. The Morgan fingerprint density at radius 2 is 1.57 bits per heavy atom. The van der Waals surface area contributed by atoms with E-state index in [0.717, 1.165) is 30.4 Å². The smallest absolute Gasteiger partial charge is 0.407 e. The van der Waals surface area contributed by atoms with Crippen molar-refractivity contribution in [3.05, 3.63) is 59.7 Å². The second-order valence-corrected chi connectivity index (χ2v) is 10.7. The number of aliphatic carboxylic acids is 1. The van der Waals surface area contributed by atoms with Crippen molar-refractivity contribution in [3.8, 4) is 11.1 Å². The molecule has 0 spiro atoms. The molecule has 0 radical (unpaired) electrons. The average molecular weight is 475 g/mol. The molecule has 4 unspecified atom stereocenters. The molecule has 6 rings (SSSR count). The average Bonchev–Trinajstić information content (AvgIpc) is 3.19. The maximum atomic E-state index is 13.2. The molecule has 2 bridgehead atoms. The van der Waals surface area contributed by atoms with Crippen LogP contribution >= 0.6 is 0 Å². The maximum Gasteiger partial charge on any atom is 0.407 e. The number of alkyl carbamates (subject to hydrolysis) is 1. The van der Waals surface area contributed by atoms with Crippen LogP contribution in [0.5, 0.6) is 0 Å². The minimum Gasteiger partial charge on any atom is -0.481 e. The first-order valence-corrected chi connectivity index (χ1v) is 12.6. The lowest BCUT2D eigenvalue weighted by Crippen LogP contribution is -2.52. The van der Waals surface area contributed by atoms with Gasteiger partial charge in [0.2, 0.25) is 5.91 Å². The molecule has 3 saturated carbocycles. The summed E-state index contributed by atoms with van der Waals surface area (Å²) in [5, 5.41) is 15.2. The highest BCUT2D eigenvalue weighted by Crippen LogP contribution is 2.50. The predicted octanol–water partition coefficient (Wildman–Crippen LogP) is 4.06. The number of carboxylic acid groups (broad SMARTS) is 1. The Kier molecular flexibility index (Phi) is 5.31. The molecule has 2 amide bonds. The highest BCUT2D eigenvalue weighted by molar-refractivity contribution is 5.84. The Morgan fingerprint density at radius 3 is 2.20 bits per heavy atom. The number of carbonyl (C=O) groups excluding carboxylic acids is 2. The highest BCUT2D eigenvalue weighted by Gasteiger charge is 2.54. The van der Waals surface area contributed by atoms with Crippen LogP contribution in [0.25, 0.3) is 11.1 Å². The van der Waals surface area contributed by atoms with Gasteiger partial charge in [-0.05, 0) is 66.2 Å². The molecule has 0 aliphatic heterocycles. The standard InChI is InChI=1S/C28H30N2O5/c31-23(32)14-28(11-12-28)30-26(33)24-16-9-10-17(13-16)25(24)29-27(34)35-15-22-20-7-3-1-5-18(20)19-6-2-4-8-21(19)22/h1-8,16-17,22,24-25H,9-15H2,(H,29,34)(H,30,33)(H,31,32). The van der Waals surface area contributed by atoms with Crippen molar-refractivity contribution in [1.82, 2.24) is 10.6 Å². The number of rotatable bonds is 7. The number of fused-ring (bicyclic) bond motifs is 5. The molecular weight excluding hydrogens is 444 g/mol. The van der Waals surface area contributed by atoms with Gasteiger partial charge < -0.3 is 20.5 Å². The lowest BCUT2D eigenvalue weighted by molar-refractivity contribution is -0.138. The molecule has 4 aliphatic carbocycles. The number of nitrogens with one attached hydrogen (secondary N) is 2. The molecule has 7 nitrogen and oxygen atoms in total. The Morgan fingerprint density at radius 1 is 0.943 bits per heavy atom. The summed E-state index contributed by atoms with van der Waals surface area (Å²) in [6.07, 6.45) is 3.71. The van der Waals surface area contributed by atoms with Gasteiger partial charge in [-0.1, -0.05) is 48.5 Å². The lowest BCUT2D eigenvalue weighted by Gasteiger charge is -2.32. The van der Waals surface area contributed by atoms with Gasteiger partial charge in [0.15, 0.2) is 0 Å². The summed E-state index contributed by atoms with van der Waals surface area (Å²) in [7, 11) is 0. The summed E-state index contributed by atoms with van der Waals surface area (Å²) >= 11 is 0. The molecule has 2 aromatic rings. The SMILES string of the molecule is O=C(O)CC1(NC(=O)C2C3CCC(C3)C2NC(=O)OCC2c3ccccc3-c3ccccc32)CC1. The summed E-state index contributed by atoms with van der Waals surface area (Å²) < 4.78 is 5.74. The van der Waals surface area contributed by atoms with Gasteiger partial charge in [-0.2, -0.15) is 0 Å². The molecule has 0 aromatic heterocycles. The van der Waals surface area contributed by atoms with Crippen molar-refractivity contribution in [2.75, 3.05) is 6.61 Å². The first kappa shape index (κ1) is 22.1. The number of hydrogen-bond acceptors (Lipinski definition) is 4. The Bertz CT molecular complexity index is 1140. The van der Waals surface area contributed by atoms with Crippen molar-refractivity contribution < 1.29 is 24.2 Å². The zero-order valence-electron chi connectivity index (χ0n) is 19.5. The van der Waals surface area contributed by atoms with Crippen molar-refractivity contribution in [3.63, 3.8) is 0 Å². The van der Waals surface area contributed by atoms with Gasteiger partial charge in [0, 0.05) is 12.0 Å². The number of carboxylic acids is 1. The molecule has 2 aromatic carbocycles. The zero-order valence-corrected chi connectivity index (χ0v) is 19.5. The van der Waals surface area contributed by atoms with Crippen LogP contribution in [0.1, 0.15) is 55.6 Å². The molecule has 182 valence electrons. The van der Waals surface area contributed by atoms with Gasteiger partial charge in [0.25, 0.3) is 0 Å². The number of ether oxygens (including phenoxy) is 1. The number of carbonyl (C=O) groups is 3. The Hall–Kier alpha value is -3.35. The summed E-state index contributed by atoms with van der Waals surface area (Å²) in [6.45, 7) is 0.235. The molecular formula is C28H30N2O5. The second kappa shape index (κ2) is 8.40. The van der Waals surface area contributed by atoms with E-state index in [1.54, 1.807) is 0 Å². The third-order valence-electron chi connectivity index (χ3n) is 8.58. The Balaban J connectivity index is 1.12. The van der Waals surface area contributed by atoms with Crippen LogP contribution in [0.3, 0.4) is 0 Å². The van der Waals surface area contributed by atoms with E-state index in [-0.39, 0.29) is 48.6 Å². The normalized spacial score (nSPS) is 27.1. The first-order valence-electron chi connectivity index (χ1n) is 12.6. The summed E-state index contributed by atoms with van der Waals surface area (Å²) in [4.78, 5) is 37.3. The van der Waals surface area contributed by atoms with Crippen molar-refractivity contribution in [1.29, 1.82) is 0 Å². The number of amides is 2. The van der Waals surface area contributed by atoms with Crippen LogP contribution in [0.4, 0.5) is 4.79 Å². The van der Waals surface area contributed by atoms with Gasteiger partial charge in [0.05, 0.1) is 17.9 Å². The van der Waals surface area contributed by atoms with Crippen molar-refractivity contribution >= 4 is 18.0 Å². The van der Waals surface area contributed by atoms with Crippen LogP contribution < -0.4 is 10.6 Å². The van der Waals surface area contributed by atoms with Gasteiger partial charge in [-0.15, -0.1) is 0 Å². The molecule has 7 heteroatoms. The van der Waals surface area contributed by atoms with Crippen molar-refractivity contribution in [2.24, 2.45) is 17.8 Å². The fourth-order valence-corrected chi connectivity index (χ4v) is 6.78. The van der Waals surface area contributed by atoms with E-state index in [1.807, 2.05) is 24.3 Å². The van der Waals surface area contributed by atoms with E-state index >= 15 is 0 Å². The zero-order chi connectivity index (χ0) is 24.2. The van der Waals surface area contributed by atoms with Crippen LogP contribution in [0.2, 0.25) is 0 Å². The highest BCUT2D eigenvalue weighted by atomic mass is 16.5. The predicted molar refractivity (Wildman–Crippen MR) is 129 cm³/mol. The molecule has 0 heterocycles. The molecule has 4 atom stereocenters. The molecule has 3 fully saturated rings. The minimum atomic E-state index is -0.899. The van der Waals surface area contributed by atoms with E-state index in [4.69, 9.17) is 4.74 Å². The number of benzene rings is 2. The first-order chi connectivity index (χ1) is 16.9. The lowest BCUT2D eigenvalue weighted by atomic mass is 9.83. The van der Waals surface area contributed by atoms with Crippen LogP contribution in [-0.4, -0.2) is 41.3 Å². The molecule has 0 saturated heterocycles. The van der Waals surface area contributed by atoms with Gasteiger partial charge >= 0.3 is 12.1 Å². The van der Waals surface area contributed by atoms with E-state index in [2.05, 4.69) is 34.9 Å². The molecule has 3 N–H and O–H groups in total. The van der Waals surface area contributed by atoms with Crippen molar-refractivity contribution in [2.45, 2.75) is 56.0 Å². The van der Waals surface area contributed by atoms with E-state index < -0.39 is 17.6 Å². The molecule has 4 aliphatic rings. The van der Waals surface area contributed by atoms with E-state index in [0.29, 0.717) is 12.8 Å². The third-order valence-corrected chi connectivity index (χ3v) is 8.58. The van der Waals surface area contributed by atoms with Gasteiger partial charge in [0.1, 0.15) is 6.61 Å². The third kappa shape index (κ3) is 3.97. The summed E-state index contributed by atoms with van der Waals surface area (Å²) in [5.41, 5.74) is 4.06. The van der Waals surface area contributed by atoms with E-state index in [1.165, 1.54) is 11.1 Å². The van der Waals surface area contributed by atoms with Crippen LogP contribution in [-0.2, 0) is 14.3 Å². The monoisotopic (exact) mass is 474 g/mol. The minimum absolute atomic E-state index is 0.0157. The summed E-state index contributed by atoms with van der Waals surface area (Å²) in [6, 6.07) is 16.2. The number of hydrogen-bond donors (Lipinski definition) is 3. The fourth-order valence-electron chi connectivity index (χ4n) is 6.78. The van der Waals surface area contributed by atoms with Crippen LogP contribution in [0, 0.1) is 17.8 Å². The van der Waals surface area contributed by atoms with Gasteiger partial charge in [-0.3, -0.25) is 9.59 Å². The fraction of sp³-hybridized carbons (Fsp3) is 0.464. The summed E-state index contributed by atoms with van der Waals surface area (Å²) in [5.74, 6) is -0.896. The topological polar surface area (TPSA) is 105 Å². The van der Waals surface area contributed by atoms with Gasteiger partial charge in [-0.25, -0.2) is 4.79 Å². The maximum absolute atomic E-state index is 13.2. The second-order valence-electron chi connectivity index (χ2n) is 10.7. The van der Waals surface area contributed by atoms with E-state index in [9.17, 15) is 19.5 Å². The molecule has 35 heavy (non-hydrogen) atoms. The largest absolute Gasteiger partial charge is 0.481 e.